The maximum atomic E-state index is 11.8. The molecule has 2 saturated heterocycles. The number of hydrogen-bond acceptors (Lipinski definition) is 6. The van der Waals surface area contributed by atoms with Crippen LogP contribution in [-0.2, 0) is 16.0 Å². The lowest BCUT2D eigenvalue weighted by Crippen LogP contribution is -2.41. The summed E-state index contributed by atoms with van der Waals surface area (Å²) >= 11 is 12.8. The van der Waals surface area contributed by atoms with E-state index >= 15 is 0 Å². The van der Waals surface area contributed by atoms with Crippen molar-refractivity contribution in [3.05, 3.63) is 64.7 Å². The van der Waals surface area contributed by atoms with Gasteiger partial charge < -0.3 is 14.4 Å². The number of halogens is 1. The number of ether oxygens (including phenoxy) is 2. The van der Waals surface area contributed by atoms with E-state index in [1.54, 1.807) is 0 Å². The van der Waals surface area contributed by atoms with E-state index in [1.807, 2.05) is 48.5 Å². The number of hydrogen-bond donors (Lipinski definition) is 1. The predicted octanol–water partition coefficient (Wildman–Crippen LogP) is 5.39. The molecule has 9 heteroatoms. The van der Waals surface area contributed by atoms with Crippen LogP contribution >= 0.6 is 35.6 Å². The van der Waals surface area contributed by atoms with Gasteiger partial charge in [0.15, 0.2) is 0 Å². The van der Waals surface area contributed by atoms with Gasteiger partial charge in [-0.1, -0.05) is 61.5 Å². The first kappa shape index (κ1) is 24.8. The van der Waals surface area contributed by atoms with Gasteiger partial charge >= 0.3 is 0 Å². The van der Waals surface area contributed by atoms with Crippen molar-refractivity contribution >= 4 is 51.9 Å². The molecule has 0 aliphatic carbocycles. The Kier molecular flexibility index (Phi) is 8.01. The van der Waals surface area contributed by atoms with Crippen molar-refractivity contribution in [2.24, 2.45) is 5.92 Å². The van der Waals surface area contributed by atoms with Crippen molar-refractivity contribution in [2.45, 2.75) is 44.1 Å². The minimum atomic E-state index is -0.377. The molecule has 2 aromatic rings. The molecule has 34 heavy (non-hydrogen) atoms. The zero-order valence-corrected chi connectivity index (χ0v) is 21.4. The molecule has 0 saturated carbocycles. The quantitative estimate of drug-likeness (QED) is 0.446. The molecule has 1 N–H and O–H groups in total. The van der Waals surface area contributed by atoms with Crippen molar-refractivity contribution in [2.75, 3.05) is 13.2 Å². The molecule has 2 aliphatic heterocycles. The Balaban J connectivity index is 1.37. The summed E-state index contributed by atoms with van der Waals surface area (Å²) in [5.41, 5.74) is 1.99. The summed E-state index contributed by atoms with van der Waals surface area (Å²) in [4.78, 5) is 25.3. The SMILES string of the molecule is CC(C)CC(COc1ccc(CC2SC(=O)NC2=O)cc1)N1CC(c2cccc(Cl)c2)OC1=S. The summed E-state index contributed by atoms with van der Waals surface area (Å²) in [6, 6.07) is 15.4. The number of nitrogens with one attached hydrogen (secondary N) is 1. The Morgan fingerprint density at radius 1 is 1.24 bits per heavy atom. The zero-order valence-electron chi connectivity index (χ0n) is 19.0. The van der Waals surface area contributed by atoms with Gasteiger partial charge in [0.1, 0.15) is 18.5 Å². The van der Waals surface area contributed by atoms with Crippen LogP contribution in [0.5, 0.6) is 5.75 Å². The summed E-state index contributed by atoms with van der Waals surface area (Å²) in [5.74, 6) is 0.975. The smallest absolute Gasteiger partial charge is 0.286 e. The minimum absolute atomic E-state index is 0.0703. The monoisotopic (exact) mass is 518 g/mol. The molecule has 6 nitrogen and oxygen atoms in total. The number of thiocarbonyl (C=S) groups is 1. The number of carbonyl (C=O) groups excluding carboxylic acids is 2. The second kappa shape index (κ2) is 11.0. The van der Waals surface area contributed by atoms with Crippen LogP contribution in [-0.4, -0.2) is 45.7 Å². The van der Waals surface area contributed by atoms with E-state index in [0.29, 0.717) is 35.7 Å². The van der Waals surface area contributed by atoms with Gasteiger partial charge in [-0.2, -0.15) is 0 Å². The van der Waals surface area contributed by atoms with Gasteiger partial charge in [-0.25, -0.2) is 0 Å². The van der Waals surface area contributed by atoms with Gasteiger partial charge in [-0.05, 0) is 66.4 Å². The Bertz CT molecular complexity index is 1060. The molecular weight excluding hydrogens is 492 g/mol. The van der Waals surface area contributed by atoms with Crippen LogP contribution in [0.4, 0.5) is 4.79 Å². The number of benzene rings is 2. The normalized spacial score (nSPS) is 21.1. The van der Waals surface area contributed by atoms with Crippen LogP contribution in [0.15, 0.2) is 48.5 Å². The highest BCUT2D eigenvalue weighted by Crippen LogP contribution is 2.31. The Morgan fingerprint density at radius 3 is 2.65 bits per heavy atom. The molecule has 3 atom stereocenters. The largest absolute Gasteiger partial charge is 0.491 e. The minimum Gasteiger partial charge on any atom is -0.491 e. The fourth-order valence-corrected chi connectivity index (χ4v) is 5.54. The molecule has 3 unspecified atom stereocenters. The number of amides is 2. The van der Waals surface area contributed by atoms with Crippen molar-refractivity contribution in [3.63, 3.8) is 0 Å². The summed E-state index contributed by atoms with van der Waals surface area (Å²) in [7, 11) is 0. The molecule has 0 aromatic heterocycles. The fraction of sp³-hybridized carbons (Fsp3) is 0.400. The lowest BCUT2D eigenvalue weighted by atomic mass is 10.0. The van der Waals surface area contributed by atoms with Gasteiger partial charge in [0.25, 0.3) is 10.4 Å². The molecule has 0 radical (unpaired) electrons. The lowest BCUT2D eigenvalue weighted by Gasteiger charge is -2.28. The Morgan fingerprint density at radius 2 is 2.00 bits per heavy atom. The van der Waals surface area contributed by atoms with E-state index in [4.69, 9.17) is 33.3 Å². The maximum absolute atomic E-state index is 11.8. The Labute approximate surface area is 214 Å². The summed E-state index contributed by atoms with van der Waals surface area (Å²) in [6.07, 6.45) is 1.26. The van der Waals surface area contributed by atoms with Crippen LogP contribution in [0.2, 0.25) is 5.02 Å². The van der Waals surface area contributed by atoms with Crippen LogP contribution in [0.25, 0.3) is 0 Å². The molecule has 2 fully saturated rings. The first-order chi connectivity index (χ1) is 16.3. The molecule has 0 bridgehead atoms. The van der Waals surface area contributed by atoms with E-state index in [0.717, 1.165) is 35.1 Å². The van der Waals surface area contributed by atoms with Crippen LogP contribution < -0.4 is 10.1 Å². The van der Waals surface area contributed by atoms with Gasteiger partial charge in [0.2, 0.25) is 5.91 Å². The van der Waals surface area contributed by atoms with Crippen molar-refractivity contribution < 1.29 is 19.1 Å². The molecule has 2 heterocycles. The van der Waals surface area contributed by atoms with Crippen molar-refractivity contribution in [1.29, 1.82) is 0 Å². The Hall–Kier alpha value is -2.29. The second-order valence-electron chi connectivity index (χ2n) is 8.91. The van der Waals surface area contributed by atoms with E-state index in [9.17, 15) is 9.59 Å². The van der Waals surface area contributed by atoms with Gasteiger partial charge in [-0.15, -0.1) is 0 Å². The average Bonchev–Trinajstić information content (AvgIpc) is 3.33. The third-order valence-corrected chi connectivity index (χ3v) is 7.35. The van der Waals surface area contributed by atoms with Crippen LogP contribution in [0, 0.1) is 5.92 Å². The predicted molar refractivity (Wildman–Crippen MR) is 138 cm³/mol. The highest BCUT2D eigenvalue weighted by molar-refractivity contribution is 8.15. The third kappa shape index (κ3) is 6.23. The number of imide groups is 1. The standard InChI is InChI=1S/C25H27ClN2O4S2/c1-15(2)10-19(28-13-21(32-25(28)33)17-4-3-5-18(26)12-17)14-31-20-8-6-16(7-9-20)11-22-23(29)27-24(30)34-22/h3-9,12,15,19,21-22H,10-11,13-14H2,1-2H3,(H,27,29,30). The maximum Gasteiger partial charge on any atom is 0.286 e. The van der Waals surface area contributed by atoms with Gasteiger partial charge in [0, 0.05) is 5.02 Å². The highest BCUT2D eigenvalue weighted by atomic mass is 35.5. The van der Waals surface area contributed by atoms with Gasteiger partial charge in [0.05, 0.1) is 17.8 Å². The van der Waals surface area contributed by atoms with Crippen molar-refractivity contribution in [1.82, 2.24) is 10.2 Å². The zero-order chi connectivity index (χ0) is 24.2. The van der Waals surface area contributed by atoms with Crippen molar-refractivity contribution in [3.8, 4) is 5.75 Å². The summed E-state index contributed by atoms with van der Waals surface area (Å²) in [6.45, 7) is 5.48. The molecule has 2 aliphatic rings. The summed E-state index contributed by atoms with van der Waals surface area (Å²) < 4.78 is 12.1. The molecule has 180 valence electrons. The molecule has 2 aromatic carbocycles. The second-order valence-corrected chi connectivity index (χ2v) is 10.9. The first-order valence-corrected chi connectivity index (χ1v) is 12.9. The average molecular weight is 519 g/mol. The number of rotatable bonds is 9. The topological polar surface area (TPSA) is 67.9 Å². The van der Waals surface area contributed by atoms with E-state index in [2.05, 4.69) is 24.1 Å². The third-order valence-electron chi connectivity index (χ3n) is 5.80. The first-order valence-electron chi connectivity index (χ1n) is 11.2. The number of nitrogens with zero attached hydrogens (tertiary/aromatic N) is 1. The van der Waals surface area contributed by atoms with Gasteiger partial charge in [-0.3, -0.25) is 14.9 Å². The lowest BCUT2D eigenvalue weighted by molar-refractivity contribution is -0.118. The van der Waals surface area contributed by atoms with E-state index < -0.39 is 0 Å². The number of carbonyl (C=O) groups is 2. The fourth-order valence-electron chi connectivity index (χ4n) is 4.14. The molecular formula is C25H27ClN2O4S2. The van der Waals surface area contributed by atoms with E-state index in [1.165, 1.54) is 0 Å². The number of thioether (sulfide) groups is 1. The van der Waals surface area contributed by atoms with E-state index in [-0.39, 0.29) is 28.5 Å². The highest BCUT2D eigenvalue weighted by Gasteiger charge is 2.35. The summed E-state index contributed by atoms with van der Waals surface area (Å²) in [5, 5.41) is 2.82. The molecule has 2 amide bonds. The van der Waals surface area contributed by atoms with Crippen LogP contribution in [0.3, 0.4) is 0 Å². The van der Waals surface area contributed by atoms with Crippen LogP contribution in [0.1, 0.15) is 37.5 Å². The molecule has 0 spiro atoms. The molecule has 4 rings (SSSR count).